The first-order chi connectivity index (χ1) is 11.0. The summed E-state index contributed by atoms with van der Waals surface area (Å²) in [7, 11) is 0. The van der Waals surface area contributed by atoms with Crippen LogP contribution in [0, 0.1) is 25.2 Å². The number of aryl methyl sites for hydroxylation is 1. The molecule has 0 unspecified atom stereocenters. The Kier molecular flexibility index (Phi) is 5.00. The van der Waals surface area contributed by atoms with E-state index in [1.165, 1.54) is 6.20 Å². The molecule has 0 aromatic heterocycles. The van der Waals surface area contributed by atoms with E-state index in [0.29, 0.717) is 11.4 Å². The van der Waals surface area contributed by atoms with E-state index in [1.807, 2.05) is 38.1 Å². The Balaban J connectivity index is 2.12. The van der Waals surface area contributed by atoms with Gasteiger partial charge in [-0.3, -0.25) is 4.79 Å². The Morgan fingerprint density at radius 1 is 1.17 bits per heavy atom. The number of amides is 1. The van der Waals surface area contributed by atoms with Crippen molar-refractivity contribution in [2.24, 2.45) is 0 Å². The number of hydrogen-bond donors (Lipinski definition) is 3. The molecule has 1 amide bonds. The standard InChI is InChI=1S/C18H18N4O/c1-12-4-3-5-17(13(12)2)22-18(23)14(10-19)11-21-16-8-6-15(20)7-9-16/h3-9,11,21H,20H2,1-2H3,(H,22,23)/b14-11-. The van der Waals surface area contributed by atoms with Gasteiger partial charge in [-0.25, -0.2) is 0 Å². The number of nitrogens with one attached hydrogen (secondary N) is 2. The van der Waals surface area contributed by atoms with Gasteiger partial charge in [-0.2, -0.15) is 5.26 Å². The van der Waals surface area contributed by atoms with Crippen molar-refractivity contribution in [3.63, 3.8) is 0 Å². The molecular formula is C18H18N4O. The number of hydrogen-bond acceptors (Lipinski definition) is 4. The number of carbonyl (C=O) groups is 1. The lowest BCUT2D eigenvalue weighted by Gasteiger charge is -2.10. The second-order valence-electron chi connectivity index (χ2n) is 5.14. The van der Waals surface area contributed by atoms with Crippen LogP contribution >= 0.6 is 0 Å². The summed E-state index contributed by atoms with van der Waals surface area (Å²) >= 11 is 0. The molecule has 5 heteroatoms. The van der Waals surface area contributed by atoms with Crippen molar-refractivity contribution in [3.05, 3.63) is 65.4 Å². The summed E-state index contributed by atoms with van der Waals surface area (Å²) in [5, 5.41) is 14.9. The minimum absolute atomic E-state index is 0.0114. The third-order valence-corrected chi connectivity index (χ3v) is 3.51. The van der Waals surface area contributed by atoms with Crippen molar-refractivity contribution < 1.29 is 4.79 Å². The summed E-state index contributed by atoms with van der Waals surface area (Å²) in [6.07, 6.45) is 1.38. The Morgan fingerprint density at radius 2 is 1.87 bits per heavy atom. The van der Waals surface area contributed by atoms with Crippen molar-refractivity contribution in [1.29, 1.82) is 5.26 Å². The molecule has 2 aromatic carbocycles. The van der Waals surface area contributed by atoms with Gasteiger partial charge in [0.1, 0.15) is 11.6 Å². The van der Waals surface area contributed by atoms with Gasteiger partial charge in [0.05, 0.1) is 0 Å². The van der Waals surface area contributed by atoms with Gasteiger partial charge < -0.3 is 16.4 Å². The fraction of sp³-hybridized carbons (Fsp3) is 0.111. The zero-order chi connectivity index (χ0) is 16.8. The monoisotopic (exact) mass is 306 g/mol. The quantitative estimate of drug-likeness (QED) is 0.459. The highest BCUT2D eigenvalue weighted by molar-refractivity contribution is 6.07. The third kappa shape index (κ3) is 4.11. The van der Waals surface area contributed by atoms with Crippen molar-refractivity contribution in [3.8, 4) is 6.07 Å². The van der Waals surface area contributed by atoms with Crippen molar-refractivity contribution in [2.75, 3.05) is 16.4 Å². The molecule has 23 heavy (non-hydrogen) atoms. The molecule has 5 nitrogen and oxygen atoms in total. The molecule has 0 aliphatic carbocycles. The predicted molar refractivity (Wildman–Crippen MR) is 92.7 cm³/mol. The average molecular weight is 306 g/mol. The van der Waals surface area contributed by atoms with Crippen LogP contribution in [0.5, 0.6) is 0 Å². The number of rotatable bonds is 4. The van der Waals surface area contributed by atoms with E-state index in [1.54, 1.807) is 24.3 Å². The maximum Gasteiger partial charge on any atom is 0.267 e. The third-order valence-electron chi connectivity index (χ3n) is 3.51. The number of nitrogens with two attached hydrogens (primary N) is 1. The van der Waals surface area contributed by atoms with Gasteiger partial charge in [-0.05, 0) is 55.3 Å². The van der Waals surface area contributed by atoms with Crippen LogP contribution in [0.3, 0.4) is 0 Å². The average Bonchev–Trinajstić information content (AvgIpc) is 2.54. The summed E-state index contributed by atoms with van der Waals surface area (Å²) in [4.78, 5) is 12.2. The largest absolute Gasteiger partial charge is 0.399 e. The molecule has 0 bridgehead atoms. The highest BCUT2D eigenvalue weighted by atomic mass is 16.1. The molecule has 0 aliphatic heterocycles. The lowest BCUT2D eigenvalue weighted by Crippen LogP contribution is -2.15. The van der Waals surface area contributed by atoms with Gasteiger partial charge >= 0.3 is 0 Å². The maximum absolute atomic E-state index is 12.2. The van der Waals surface area contributed by atoms with Crippen LogP contribution in [0.25, 0.3) is 0 Å². The minimum atomic E-state index is -0.454. The number of nitrogen functional groups attached to an aromatic ring is 1. The van der Waals surface area contributed by atoms with Crippen LogP contribution in [0.2, 0.25) is 0 Å². The van der Waals surface area contributed by atoms with Gasteiger partial charge in [-0.1, -0.05) is 12.1 Å². The first-order valence-electron chi connectivity index (χ1n) is 7.11. The molecule has 0 fully saturated rings. The van der Waals surface area contributed by atoms with Gasteiger partial charge in [-0.15, -0.1) is 0 Å². The Morgan fingerprint density at radius 3 is 2.52 bits per heavy atom. The van der Waals surface area contributed by atoms with Crippen LogP contribution in [0.1, 0.15) is 11.1 Å². The van der Waals surface area contributed by atoms with Crippen LogP contribution in [-0.4, -0.2) is 5.91 Å². The van der Waals surface area contributed by atoms with E-state index in [9.17, 15) is 10.1 Å². The number of benzene rings is 2. The zero-order valence-corrected chi connectivity index (χ0v) is 13.1. The maximum atomic E-state index is 12.2. The summed E-state index contributed by atoms with van der Waals surface area (Å²) < 4.78 is 0. The van der Waals surface area contributed by atoms with Crippen molar-refractivity contribution in [2.45, 2.75) is 13.8 Å². The first kappa shape index (κ1) is 16.1. The van der Waals surface area contributed by atoms with Crippen LogP contribution in [0.4, 0.5) is 17.1 Å². The van der Waals surface area contributed by atoms with Gasteiger partial charge in [0.25, 0.3) is 5.91 Å². The second kappa shape index (κ2) is 7.14. The molecule has 0 saturated carbocycles. The summed E-state index contributed by atoms with van der Waals surface area (Å²) in [6.45, 7) is 3.89. The molecule has 0 spiro atoms. The highest BCUT2D eigenvalue weighted by Gasteiger charge is 2.11. The highest BCUT2D eigenvalue weighted by Crippen LogP contribution is 2.18. The Hall–Kier alpha value is -3.26. The van der Waals surface area contributed by atoms with E-state index in [4.69, 9.17) is 5.73 Å². The lowest BCUT2D eigenvalue weighted by molar-refractivity contribution is -0.112. The molecule has 0 aliphatic rings. The fourth-order valence-corrected chi connectivity index (χ4v) is 1.96. The number of carbonyl (C=O) groups excluding carboxylic acids is 1. The second-order valence-corrected chi connectivity index (χ2v) is 5.14. The van der Waals surface area contributed by atoms with E-state index in [0.717, 1.165) is 16.8 Å². The SMILES string of the molecule is Cc1cccc(NC(=O)/C(C#N)=C\Nc2ccc(N)cc2)c1C. The van der Waals surface area contributed by atoms with Crippen LogP contribution in [0.15, 0.2) is 54.2 Å². The Labute approximate surface area is 135 Å². The fourth-order valence-electron chi connectivity index (χ4n) is 1.96. The molecule has 116 valence electrons. The molecule has 0 heterocycles. The van der Waals surface area contributed by atoms with Crippen molar-refractivity contribution in [1.82, 2.24) is 0 Å². The number of anilines is 3. The summed E-state index contributed by atoms with van der Waals surface area (Å²) in [5.74, 6) is -0.454. The van der Waals surface area contributed by atoms with Crippen LogP contribution < -0.4 is 16.4 Å². The lowest BCUT2D eigenvalue weighted by atomic mass is 10.1. The molecule has 0 saturated heterocycles. The van der Waals surface area contributed by atoms with Gasteiger partial charge in [0.15, 0.2) is 0 Å². The molecular weight excluding hydrogens is 288 g/mol. The van der Waals surface area contributed by atoms with E-state index in [-0.39, 0.29) is 5.57 Å². The molecule has 0 radical (unpaired) electrons. The Bertz CT molecular complexity index is 786. The molecule has 4 N–H and O–H groups in total. The van der Waals surface area contributed by atoms with Crippen molar-refractivity contribution >= 4 is 23.0 Å². The van der Waals surface area contributed by atoms with Gasteiger partial charge in [0.2, 0.25) is 0 Å². The number of nitriles is 1. The van der Waals surface area contributed by atoms with E-state index in [2.05, 4.69) is 10.6 Å². The van der Waals surface area contributed by atoms with E-state index >= 15 is 0 Å². The first-order valence-corrected chi connectivity index (χ1v) is 7.11. The minimum Gasteiger partial charge on any atom is -0.399 e. The van der Waals surface area contributed by atoms with Gasteiger partial charge in [0, 0.05) is 23.3 Å². The van der Waals surface area contributed by atoms with E-state index < -0.39 is 5.91 Å². The molecule has 2 aromatic rings. The topological polar surface area (TPSA) is 90.9 Å². The normalized spacial score (nSPS) is 10.7. The molecule has 2 rings (SSSR count). The summed E-state index contributed by atoms with van der Waals surface area (Å²) in [5.41, 5.74) is 9.74. The smallest absolute Gasteiger partial charge is 0.267 e. The zero-order valence-electron chi connectivity index (χ0n) is 13.1. The van der Waals surface area contributed by atoms with Crippen LogP contribution in [-0.2, 0) is 4.79 Å². The number of nitrogens with zero attached hydrogens (tertiary/aromatic N) is 1. The predicted octanol–water partition coefficient (Wildman–Crippen LogP) is 3.34. The molecule has 0 atom stereocenters. The summed E-state index contributed by atoms with van der Waals surface area (Å²) in [6, 6.07) is 14.5.